The Balaban J connectivity index is 0. The highest BCUT2D eigenvalue weighted by Crippen LogP contribution is 1.79. The van der Waals surface area contributed by atoms with Gasteiger partial charge in [-0.15, -0.1) is 12.4 Å². The van der Waals surface area contributed by atoms with Crippen molar-refractivity contribution in [2.24, 2.45) is 0 Å². The molecule has 0 aromatic rings. The maximum atomic E-state index is 11.1. The summed E-state index contributed by atoms with van der Waals surface area (Å²) in [4.78, 5) is 11.1. The average Bonchev–Trinajstić information content (AvgIpc) is 2.18. The smallest absolute Gasteiger partial charge is 0.246 e. The quantitative estimate of drug-likeness (QED) is 0.588. The van der Waals surface area contributed by atoms with E-state index in [0.29, 0.717) is 13.2 Å². The maximum absolute atomic E-state index is 11.1. The summed E-state index contributed by atoms with van der Waals surface area (Å²) in [5.74, 6) is -0.0308. The predicted octanol–water partition coefficient (Wildman–Crippen LogP) is 0.951. The largest absolute Gasteiger partial charge is 0.372 e. The first-order valence-electron chi connectivity index (χ1n) is 5.36. The second-order valence-corrected chi connectivity index (χ2v) is 3.15. The topological polar surface area (TPSA) is 50.4 Å². The van der Waals surface area contributed by atoms with E-state index in [0.717, 1.165) is 25.9 Å². The van der Waals surface area contributed by atoms with Gasteiger partial charge in [0.2, 0.25) is 5.91 Å². The summed E-state index contributed by atoms with van der Waals surface area (Å²) in [6.07, 6.45) is 2.07. The zero-order chi connectivity index (χ0) is 10.6. The van der Waals surface area contributed by atoms with E-state index in [2.05, 4.69) is 17.6 Å². The molecule has 0 saturated heterocycles. The van der Waals surface area contributed by atoms with Crippen molar-refractivity contribution < 1.29 is 9.53 Å². The van der Waals surface area contributed by atoms with Gasteiger partial charge >= 0.3 is 0 Å². The van der Waals surface area contributed by atoms with Crippen LogP contribution in [-0.4, -0.2) is 38.8 Å². The van der Waals surface area contributed by atoms with Gasteiger partial charge in [-0.1, -0.05) is 13.8 Å². The molecule has 0 aromatic carbocycles. The summed E-state index contributed by atoms with van der Waals surface area (Å²) in [6, 6.07) is 0. The number of carbonyl (C=O) groups excluding carboxylic acids is 1. The number of rotatable bonds is 9. The molecule has 5 heteroatoms. The van der Waals surface area contributed by atoms with Crippen molar-refractivity contribution in [2.75, 3.05) is 32.8 Å². The molecular weight excluding hydrogens is 216 g/mol. The average molecular weight is 239 g/mol. The minimum atomic E-state index is -0.0308. The summed E-state index contributed by atoms with van der Waals surface area (Å²) < 4.78 is 5.09. The fourth-order valence-electron chi connectivity index (χ4n) is 0.952. The van der Waals surface area contributed by atoms with E-state index in [4.69, 9.17) is 4.74 Å². The van der Waals surface area contributed by atoms with Crippen molar-refractivity contribution in [3.05, 3.63) is 0 Å². The highest BCUT2D eigenvalue weighted by molar-refractivity contribution is 5.85. The third-order valence-electron chi connectivity index (χ3n) is 1.63. The molecule has 0 saturated carbocycles. The van der Waals surface area contributed by atoms with Crippen molar-refractivity contribution in [3.63, 3.8) is 0 Å². The highest BCUT2D eigenvalue weighted by Gasteiger charge is 1.98. The van der Waals surface area contributed by atoms with Crippen LogP contribution in [0.3, 0.4) is 0 Å². The van der Waals surface area contributed by atoms with Gasteiger partial charge in [0, 0.05) is 19.7 Å². The molecule has 0 aromatic heterocycles. The lowest BCUT2D eigenvalue weighted by Crippen LogP contribution is -2.34. The van der Waals surface area contributed by atoms with E-state index in [1.165, 1.54) is 0 Å². The molecule has 0 rings (SSSR count). The number of carbonyl (C=O) groups is 1. The van der Waals surface area contributed by atoms with Crippen molar-refractivity contribution in [1.82, 2.24) is 10.6 Å². The molecule has 0 bridgehead atoms. The van der Waals surface area contributed by atoms with Crippen LogP contribution in [-0.2, 0) is 9.53 Å². The fourth-order valence-corrected chi connectivity index (χ4v) is 0.952. The van der Waals surface area contributed by atoms with Crippen molar-refractivity contribution in [3.8, 4) is 0 Å². The Morgan fingerprint density at radius 3 is 2.47 bits per heavy atom. The van der Waals surface area contributed by atoms with E-state index in [1.54, 1.807) is 0 Å². The Hall–Kier alpha value is -0.320. The summed E-state index contributed by atoms with van der Waals surface area (Å²) in [5.41, 5.74) is 0. The normalized spacial score (nSPS) is 9.47. The van der Waals surface area contributed by atoms with E-state index >= 15 is 0 Å². The number of hydrogen-bond acceptors (Lipinski definition) is 3. The minimum Gasteiger partial charge on any atom is -0.372 e. The fraction of sp³-hybridized carbons (Fsp3) is 0.900. The van der Waals surface area contributed by atoms with Gasteiger partial charge in [-0.2, -0.15) is 0 Å². The zero-order valence-corrected chi connectivity index (χ0v) is 10.5. The third kappa shape index (κ3) is 13.7. The first kappa shape index (κ1) is 17.1. The van der Waals surface area contributed by atoms with Gasteiger partial charge < -0.3 is 15.4 Å². The first-order chi connectivity index (χ1) is 6.81. The van der Waals surface area contributed by atoms with Crippen LogP contribution >= 0.6 is 12.4 Å². The Morgan fingerprint density at radius 2 is 1.87 bits per heavy atom. The molecule has 0 aliphatic heterocycles. The van der Waals surface area contributed by atoms with E-state index in [-0.39, 0.29) is 24.9 Å². The molecule has 0 aliphatic rings. The zero-order valence-electron chi connectivity index (χ0n) is 9.67. The Morgan fingerprint density at radius 1 is 1.13 bits per heavy atom. The lowest BCUT2D eigenvalue weighted by atomic mass is 10.4. The van der Waals surface area contributed by atoms with Gasteiger partial charge in [0.15, 0.2) is 0 Å². The molecule has 0 aliphatic carbocycles. The number of nitrogens with one attached hydrogen (secondary N) is 2. The summed E-state index contributed by atoms with van der Waals surface area (Å²) in [5, 5.41) is 5.98. The molecule has 1 amide bonds. The van der Waals surface area contributed by atoms with E-state index in [1.807, 2.05) is 6.92 Å². The van der Waals surface area contributed by atoms with Crippen molar-refractivity contribution in [1.29, 1.82) is 0 Å². The number of amides is 1. The molecule has 0 atom stereocenters. The van der Waals surface area contributed by atoms with Crippen LogP contribution in [0.15, 0.2) is 0 Å². The molecular formula is C10H23ClN2O2. The predicted molar refractivity (Wildman–Crippen MR) is 64.5 cm³/mol. The van der Waals surface area contributed by atoms with Gasteiger partial charge in [-0.05, 0) is 19.4 Å². The third-order valence-corrected chi connectivity index (χ3v) is 1.63. The van der Waals surface area contributed by atoms with Crippen LogP contribution < -0.4 is 10.6 Å². The number of ether oxygens (including phenoxy) is 1. The molecule has 0 unspecified atom stereocenters. The Bertz CT molecular complexity index is 145. The SMILES string of the molecule is CCCNCCNC(=O)COCCC.Cl. The first-order valence-corrected chi connectivity index (χ1v) is 5.36. The van der Waals surface area contributed by atoms with Gasteiger partial charge in [-0.25, -0.2) is 0 Å². The highest BCUT2D eigenvalue weighted by atomic mass is 35.5. The summed E-state index contributed by atoms with van der Waals surface area (Å²) in [6.45, 7) is 7.48. The van der Waals surface area contributed by atoms with Crippen LogP contribution in [0.25, 0.3) is 0 Å². The molecule has 92 valence electrons. The minimum absolute atomic E-state index is 0. The number of hydrogen-bond donors (Lipinski definition) is 2. The molecule has 4 nitrogen and oxygen atoms in total. The lowest BCUT2D eigenvalue weighted by molar-refractivity contribution is -0.125. The van der Waals surface area contributed by atoms with Crippen molar-refractivity contribution in [2.45, 2.75) is 26.7 Å². The van der Waals surface area contributed by atoms with Crippen LogP contribution in [0.4, 0.5) is 0 Å². The van der Waals surface area contributed by atoms with Crippen LogP contribution in [0.2, 0.25) is 0 Å². The maximum Gasteiger partial charge on any atom is 0.246 e. The van der Waals surface area contributed by atoms with E-state index < -0.39 is 0 Å². The summed E-state index contributed by atoms with van der Waals surface area (Å²) >= 11 is 0. The molecule has 0 radical (unpaired) electrons. The summed E-state index contributed by atoms with van der Waals surface area (Å²) in [7, 11) is 0. The van der Waals surface area contributed by atoms with Crippen LogP contribution in [0, 0.1) is 0 Å². The Kier molecular flexibility index (Phi) is 15.6. The molecule has 0 spiro atoms. The molecule has 15 heavy (non-hydrogen) atoms. The number of halogens is 1. The monoisotopic (exact) mass is 238 g/mol. The molecule has 0 heterocycles. The second kappa shape index (κ2) is 13.7. The Labute approximate surface area is 98.6 Å². The van der Waals surface area contributed by atoms with Crippen LogP contribution in [0.5, 0.6) is 0 Å². The second-order valence-electron chi connectivity index (χ2n) is 3.15. The van der Waals surface area contributed by atoms with Crippen molar-refractivity contribution >= 4 is 18.3 Å². The molecule has 0 fully saturated rings. The standard InChI is InChI=1S/C10H22N2O2.ClH/c1-3-5-11-6-7-12-10(13)9-14-8-4-2;/h11H,3-9H2,1-2H3,(H,12,13);1H. The van der Waals surface area contributed by atoms with Crippen LogP contribution in [0.1, 0.15) is 26.7 Å². The van der Waals surface area contributed by atoms with Gasteiger partial charge in [0.05, 0.1) is 0 Å². The van der Waals surface area contributed by atoms with Gasteiger partial charge in [0.1, 0.15) is 6.61 Å². The lowest BCUT2D eigenvalue weighted by Gasteiger charge is -2.06. The molecule has 2 N–H and O–H groups in total. The van der Waals surface area contributed by atoms with Gasteiger partial charge in [-0.3, -0.25) is 4.79 Å². The van der Waals surface area contributed by atoms with Gasteiger partial charge in [0.25, 0.3) is 0 Å². The van der Waals surface area contributed by atoms with E-state index in [9.17, 15) is 4.79 Å².